The van der Waals surface area contributed by atoms with Crippen molar-refractivity contribution >= 4 is 28.5 Å². The molecule has 1 N–H and O–H groups in total. The summed E-state index contributed by atoms with van der Waals surface area (Å²) in [5.41, 5.74) is 1.76. The summed E-state index contributed by atoms with van der Waals surface area (Å²) < 4.78 is 11.5. The molecular formula is C19H20INO3. The number of hydrogen-bond acceptors (Lipinski definition) is 3. The van der Waals surface area contributed by atoms with Crippen LogP contribution in [0.3, 0.4) is 0 Å². The van der Waals surface area contributed by atoms with Gasteiger partial charge in [0.15, 0.2) is 11.5 Å². The summed E-state index contributed by atoms with van der Waals surface area (Å²) in [4.78, 5) is 12.8. The zero-order valence-corrected chi connectivity index (χ0v) is 15.9. The van der Waals surface area contributed by atoms with Gasteiger partial charge in [-0.1, -0.05) is 30.3 Å². The molecule has 0 heterocycles. The molecule has 0 spiro atoms. The van der Waals surface area contributed by atoms with Gasteiger partial charge < -0.3 is 14.8 Å². The van der Waals surface area contributed by atoms with Crippen molar-refractivity contribution in [1.29, 1.82) is 0 Å². The lowest BCUT2D eigenvalue weighted by Gasteiger charge is -2.20. The topological polar surface area (TPSA) is 47.6 Å². The van der Waals surface area contributed by atoms with Crippen LogP contribution in [0.1, 0.15) is 34.8 Å². The summed E-state index contributed by atoms with van der Waals surface area (Å²) in [6.07, 6.45) is 2.31. The van der Waals surface area contributed by atoms with E-state index in [1.165, 1.54) is 0 Å². The molecule has 1 aliphatic carbocycles. The predicted octanol–water partition coefficient (Wildman–Crippen LogP) is 4.19. The third-order valence-corrected chi connectivity index (χ3v) is 5.15. The van der Waals surface area contributed by atoms with Gasteiger partial charge in [-0.05, 0) is 59.0 Å². The van der Waals surface area contributed by atoms with Crippen LogP contribution in [-0.2, 0) is 0 Å². The number of carbonyl (C=O) groups is 1. The Hall–Kier alpha value is -1.76. The van der Waals surface area contributed by atoms with Crippen LogP contribution in [0.5, 0.6) is 11.5 Å². The molecule has 126 valence electrons. The highest BCUT2D eigenvalue weighted by molar-refractivity contribution is 14.1. The molecule has 3 rings (SSSR count). The van der Waals surface area contributed by atoms with Crippen LogP contribution in [0.25, 0.3) is 0 Å². The van der Waals surface area contributed by atoms with Gasteiger partial charge in [-0.25, -0.2) is 0 Å². The average molecular weight is 437 g/mol. The fourth-order valence-corrected chi connectivity index (χ4v) is 3.49. The number of nitrogens with one attached hydrogen (secondary N) is 1. The predicted molar refractivity (Wildman–Crippen MR) is 102 cm³/mol. The molecule has 1 atom stereocenters. The number of ether oxygens (including phenoxy) is 2. The Balaban J connectivity index is 1.86. The van der Waals surface area contributed by atoms with Crippen LogP contribution >= 0.6 is 22.6 Å². The first-order valence-electron chi connectivity index (χ1n) is 7.91. The number of amides is 1. The molecule has 0 radical (unpaired) electrons. The second-order valence-electron chi connectivity index (χ2n) is 5.89. The molecule has 1 saturated carbocycles. The minimum atomic E-state index is -0.0823. The van der Waals surface area contributed by atoms with E-state index in [1.807, 2.05) is 24.3 Å². The monoisotopic (exact) mass is 437 g/mol. The molecule has 1 unspecified atom stereocenters. The van der Waals surface area contributed by atoms with Crippen LogP contribution in [0.2, 0.25) is 0 Å². The molecule has 0 aliphatic heterocycles. The van der Waals surface area contributed by atoms with Crippen LogP contribution in [0, 0.1) is 9.49 Å². The van der Waals surface area contributed by atoms with Crippen LogP contribution in [0.4, 0.5) is 0 Å². The van der Waals surface area contributed by atoms with Crippen molar-refractivity contribution in [2.24, 2.45) is 5.92 Å². The van der Waals surface area contributed by atoms with Crippen LogP contribution in [0.15, 0.2) is 42.5 Å². The summed E-state index contributed by atoms with van der Waals surface area (Å²) in [5.74, 6) is 1.63. The summed E-state index contributed by atoms with van der Waals surface area (Å²) in [6, 6.07) is 13.8. The average Bonchev–Trinajstić information content (AvgIpc) is 3.44. The first-order chi connectivity index (χ1) is 11.6. The normalized spacial score (nSPS) is 14.8. The van der Waals surface area contributed by atoms with E-state index in [0.717, 1.165) is 22.0 Å². The molecule has 1 fully saturated rings. The molecule has 1 amide bonds. The van der Waals surface area contributed by atoms with Gasteiger partial charge in [-0.15, -0.1) is 0 Å². The SMILES string of the molecule is COc1cc(I)c(C(=O)NC(c2ccccc2)C2CC2)cc1OC. The van der Waals surface area contributed by atoms with Crippen molar-refractivity contribution in [1.82, 2.24) is 5.32 Å². The number of hydrogen-bond donors (Lipinski definition) is 1. The zero-order chi connectivity index (χ0) is 17.1. The number of halogens is 1. The Kier molecular flexibility index (Phi) is 5.28. The van der Waals surface area contributed by atoms with E-state index in [1.54, 1.807) is 20.3 Å². The van der Waals surface area contributed by atoms with E-state index in [0.29, 0.717) is 23.0 Å². The largest absolute Gasteiger partial charge is 0.493 e. The molecule has 0 saturated heterocycles. The number of rotatable bonds is 6. The molecule has 2 aromatic carbocycles. The lowest BCUT2D eigenvalue weighted by molar-refractivity contribution is 0.0930. The van der Waals surface area contributed by atoms with E-state index in [2.05, 4.69) is 40.0 Å². The van der Waals surface area contributed by atoms with Gasteiger partial charge in [0.05, 0.1) is 25.8 Å². The minimum absolute atomic E-state index is 0.0580. The standard InChI is InChI=1S/C19H20INO3/c1-23-16-10-14(15(20)11-17(16)24-2)19(22)21-18(13-8-9-13)12-6-4-3-5-7-12/h3-7,10-11,13,18H,8-9H2,1-2H3,(H,21,22). The maximum absolute atomic E-state index is 12.8. The highest BCUT2D eigenvalue weighted by Gasteiger charge is 2.33. The van der Waals surface area contributed by atoms with E-state index < -0.39 is 0 Å². The third-order valence-electron chi connectivity index (χ3n) is 4.26. The molecule has 5 heteroatoms. The molecule has 24 heavy (non-hydrogen) atoms. The van der Waals surface area contributed by atoms with Gasteiger partial charge in [0, 0.05) is 3.57 Å². The summed E-state index contributed by atoms with van der Waals surface area (Å²) in [5, 5.41) is 3.20. The van der Waals surface area contributed by atoms with E-state index in [4.69, 9.17) is 9.47 Å². The fraction of sp³-hybridized carbons (Fsp3) is 0.316. The lowest BCUT2D eigenvalue weighted by atomic mass is 10.0. The van der Waals surface area contributed by atoms with Gasteiger partial charge >= 0.3 is 0 Å². The maximum Gasteiger partial charge on any atom is 0.252 e. The van der Waals surface area contributed by atoms with E-state index in [9.17, 15) is 4.79 Å². The van der Waals surface area contributed by atoms with Gasteiger partial charge in [0.1, 0.15) is 0 Å². The first kappa shape index (κ1) is 17.1. The summed E-state index contributed by atoms with van der Waals surface area (Å²) in [6.45, 7) is 0. The van der Waals surface area contributed by atoms with Gasteiger partial charge in [-0.2, -0.15) is 0 Å². The van der Waals surface area contributed by atoms with Crippen molar-refractivity contribution in [3.8, 4) is 11.5 Å². The number of methoxy groups -OCH3 is 2. The molecular weight excluding hydrogens is 417 g/mol. The minimum Gasteiger partial charge on any atom is -0.493 e. The molecule has 1 aliphatic rings. The first-order valence-corrected chi connectivity index (χ1v) is 8.99. The van der Waals surface area contributed by atoms with E-state index in [-0.39, 0.29) is 11.9 Å². The molecule has 0 bridgehead atoms. The van der Waals surface area contributed by atoms with Crippen molar-refractivity contribution in [2.45, 2.75) is 18.9 Å². The van der Waals surface area contributed by atoms with Crippen molar-refractivity contribution in [3.05, 3.63) is 57.2 Å². The molecule has 4 nitrogen and oxygen atoms in total. The van der Waals surface area contributed by atoms with Crippen molar-refractivity contribution < 1.29 is 14.3 Å². The Labute approximate surface area is 155 Å². The molecule has 2 aromatic rings. The number of benzene rings is 2. The number of carbonyl (C=O) groups excluding carboxylic acids is 1. The Bertz CT molecular complexity index is 729. The van der Waals surface area contributed by atoms with Crippen LogP contribution in [-0.4, -0.2) is 20.1 Å². The maximum atomic E-state index is 12.8. The van der Waals surface area contributed by atoms with Crippen molar-refractivity contribution in [3.63, 3.8) is 0 Å². The second kappa shape index (κ2) is 7.42. The van der Waals surface area contributed by atoms with Gasteiger partial charge in [0.25, 0.3) is 5.91 Å². The van der Waals surface area contributed by atoms with Crippen LogP contribution < -0.4 is 14.8 Å². The Morgan fingerprint density at radius 2 is 1.75 bits per heavy atom. The third kappa shape index (κ3) is 3.66. The quantitative estimate of drug-likeness (QED) is 0.690. The zero-order valence-electron chi connectivity index (χ0n) is 13.7. The van der Waals surface area contributed by atoms with E-state index >= 15 is 0 Å². The Morgan fingerprint density at radius 3 is 2.33 bits per heavy atom. The summed E-state index contributed by atoms with van der Waals surface area (Å²) in [7, 11) is 3.16. The second-order valence-corrected chi connectivity index (χ2v) is 7.05. The summed E-state index contributed by atoms with van der Waals surface area (Å²) >= 11 is 2.16. The lowest BCUT2D eigenvalue weighted by Crippen LogP contribution is -2.30. The highest BCUT2D eigenvalue weighted by Crippen LogP contribution is 2.41. The van der Waals surface area contributed by atoms with Crippen molar-refractivity contribution in [2.75, 3.05) is 14.2 Å². The Morgan fingerprint density at radius 1 is 1.12 bits per heavy atom. The van der Waals surface area contributed by atoms with Gasteiger partial charge in [-0.3, -0.25) is 4.79 Å². The van der Waals surface area contributed by atoms with Gasteiger partial charge in [0.2, 0.25) is 0 Å². The smallest absolute Gasteiger partial charge is 0.252 e. The highest BCUT2D eigenvalue weighted by atomic mass is 127. The fourth-order valence-electron chi connectivity index (χ4n) is 2.81. The molecule has 0 aromatic heterocycles.